The molecule has 0 spiro atoms. The highest BCUT2D eigenvalue weighted by Crippen LogP contribution is 2.54. The molecule has 0 radical (unpaired) electrons. The Kier molecular flexibility index (Phi) is 4.41. The van der Waals surface area contributed by atoms with Crippen LogP contribution in [0.5, 0.6) is 0 Å². The SMILES string of the molecule is CC(C)C1C(C)(C)NC2=CC=CCC2C1(C)C=CC(C)(C)C. The van der Waals surface area contributed by atoms with E-state index in [1.165, 1.54) is 5.70 Å². The van der Waals surface area contributed by atoms with Crippen LogP contribution in [-0.2, 0) is 0 Å². The van der Waals surface area contributed by atoms with Gasteiger partial charge in [-0.3, -0.25) is 0 Å². The van der Waals surface area contributed by atoms with Gasteiger partial charge in [0.1, 0.15) is 0 Å². The van der Waals surface area contributed by atoms with Crippen molar-refractivity contribution in [2.45, 2.75) is 67.3 Å². The molecule has 0 aromatic carbocycles. The van der Waals surface area contributed by atoms with Gasteiger partial charge in [0.25, 0.3) is 0 Å². The van der Waals surface area contributed by atoms with Crippen LogP contribution < -0.4 is 5.32 Å². The fourth-order valence-corrected chi connectivity index (χ4v) is 4.99. The van der Waals surface area contributed by atoms with Crippen molar-refractivity contribution < 1.29 is 0 Å². The van der Waals surface area contributed by atoms with Crippen molar-refractivity contribution in [3.63, 3.8) is 0 Å². The molecule has 2 aliphatic rings. The second-order valence-electron chi connectivity index (χ2n) is 9.47. The van der Waals surface area contributed by atoms with Gasteiger partial charge < -0.3 is 5.32 Å². The van der Waals surface area contributed by atoms with Crippen LogP contribution in [0, 0.1) is 28.6 Å². The van der Waals surface area contributed by atoms with Crippen molar-refractivity contribution in [1.82, 2.24) is 5.32 Å². The summed E-state index contributed by atoms with van der Waals surface area (Å²) in [4.78, 5) is 0. The Bertz CT molecular complexity index is 498. The standard InChI is InChI=1S/C21H35N/c1-15(2)18-20(6,7)22-17-12-10-9-11-16(17)21(18,8)14-13-19(3,4)5/h9-10,12-16,18,22H,11H2,1-8H3. The lowest BCUT2D eigenvalue weighted by atomic mass is 9.53. The van der Waals surface area contributed by atoms with E-state index in [-0.39, 0.29) is 16.4 Å². The van der Waals surface area contributed by atoms with Crippen LogP contribution in [0.4, 0.5) is 0 Å². The first kappa shape index (κ1) is 17.4. The predicted octanol–water partition coefficient (Wildman–Crippen LogP) is 5.71. The molecule has 1 fully saturated rings. The average Bonchev–Trinajstić information content (AvgIpc) is 2.34. The maximum atomic E-state index is 3.85. The Morgan fingerprint density at radius 1 is 1.23 bits per heavy atom. The van der Waals surface area contributed by atoms with Crippen molar-refractivity contribution in [3.8, 4) is 0 Å². The molecular weight excluding hydrogens is 266 g/mol. The first-order valence-corrected chi connectivity index (χ1v) is 8.83. The molecule has 1 heterocycles. The van der Waals surface area contributed by atoms with Crippen LogP contribution in [0.1, 0.15) is 61.8 Å². The molecule has 3 unspecified atom stereocenters. The predicted molar refractivity (Wildman–Crippen MR) is 97.6 cm³/mol. The van der Waals surface area contributed by atoms with Crippen molar-refractivity contribution in [1.29, 1.82) is 0 Å². The Balaban J connectivity index is 2.53. The summed E-state index contributed by atoms with van der Waals surface area (Å²) in [5.74, 6) is 1.81. The third-order valence-corrected chi connectivity index (χ3v) is 5.43. The molecule has 1 nitrogen and oxygen atoms in total. The number of nitrogens with one attached hydrogen (secondary N) is 1. The molecule has 1 heteroatoms. The molecule has 2 rings (SSSR count). The monoisotopic (exact) mass is 301 g/mol. The quantitative estimate of drug-likeness (QED) is 0.644. The molecule has 0 amide bonds. The highest BCUT2D eigenvalue weighted by atomic mass is 15.0. The zero-order chi connectivity index (χ0) is 16.8. The van der Waals surface area contributed by atoms with Gasteiger partial charge in [0, 0.05) is 17.2 Å². The first-order chi connectivity index (χ1) is 9.97. The minimum absolute atomic E-state index is 0.110. The Labute approximate surface area is 138 Å². The largest absolute Gasteiger partial charge is 0.383 e. The van der Waals surface area contributed by atoms with Gasteiger partial charge in [0.2, 0.25) is 0 Å². The van der Waals surface area contributed by atoms with Crippen molar-refractivity contribution in [2.24, 2.45) is 28.6 Å². The number of hydrogen-bond acceptors (Lipinski definition) is 1. The minimum Gasteiger partial charge on any atom is -0.383 e. The highest BCUT2D eigenvalue weighted by Gasteiger charge is 2.53. The van der Waals surface area contributed by atoms with Gasteiger partial charge in [-0.1, -0.05) is 65.8 Å². The molecular formula is C21H35N. The topological polar surface area (TPSA) is 12.0 Å². The number of rotatable bonds is 2. The van der Waals surface area contributed by atoms with E-state index >= 15 is 0 Å². The molecule has 0 aromatic heterocycles. The Hall–Kier alpha value is -0.980. The van der Waals surface area contributed by atoms with Crippen LogP contribution in [0.2, 0.25) is 0 Å². The van der Waals surface area contributed by atoms with Crippen molar-refractivity contribution in [2.75, 3.05) is 0 Å². The molecule has 22 heavy (non-hydrogen) atoms. The molecule has 1 N–H and O–H groups in total. The summed E-state index contributed by atoms with van der Waals surface area (Å²) in [5, 5.41) is 3.85. The van der Waals surface area contributed by atoms with Crippen LogP contribution in [0.3, 0.4) is 0 Å². The van der Waals surface area contributed by atoms with E-state index < -0.39 is 0 Å². The van der Waals surface area contributed by atoms with Crippen molar-refractivity contribution in [3.05, 3.63) is 36.1 Å². The van der Waals surface area contributed by atoms with Gasteiger partial charge in [0.15, 0.2) is 0 Å². The summed E-state index contributed by atoms with van der Waals surface area (Å²) in [6.07, 6.45) is 12.9. The van der Waals surface area contributed by atoms with Gasteiger partial charge in [-0.05, 0) is 49.0 Å². The average molecular weight is 302 g/mol. The molecule has 1 saturated heterocycles. The number of fused-ring (bicyclic) bond motifs is 1. The lowest BCUT2D eigenvalue weighted by Crippen LogP contribution is -2.61. The molecule has 0 aromatic rings. The second kappa shape index (κ2) is 5.58. The minimum atomic E-state index is 0.110. The Morgan fingerprint density at radius 2 is 1.86 bits per heavy atom. The fourth-order valence-electron chi connectivity index (χ4n) is 4.99. The van der Waals surface area contributed by atoms with E-state index in [4.69, 9.17) is 0 Å². The van der Waals surface area contributed by atoms with Gasteiger partial charge in [-0.15, -0.1) is 0 Å². The van der Waals surface area contributed by atoms with E-state index in [9.17, 15) is 0 Å². The maximum absolute atomic E-state index is 3.85. The zero-order valence-corrected chi connectivity index (χ0v) is 15.8. The van der Waals surface area contributed by atoms with Gasteiger partial charge >= 0.3 is 0 Å². The molecule has 0 bridgehead atoms. The lowest BCUT2D eigenvalue weighted by molar-refractivity contribution is 0.0165. The van der Waals surface area contributed by atoms with E-state index in [0.29, 0.717) is 17.8 Å². The highest BCUT2D eigenvalue weighted by molar-refractivity contribution is 5.31. The maximum Gasteiger partial charge on any atom is 0.0353 e. The van der Waals surface area contributed by atoms with Crippen LogP contribution in [-0.4, -0.2) is 5.54 Å². The number of piperidine rings is 1. The summed E-state index contributed by atoms with van der Waals surface area (Å²) >= 11 is 0. The first-order valence-electron chi connectivity index (χ1n) is 8.83. The molecule has 124 valence electrons. The summed E-state index contributed by atoms with van der Waals surface area (Å²) in [6.45, 7) is 18.9. The van der Waals surface area contributed by atoms with Crippen LogP contribution in [0.15, 0.2) is 36.1 Å². The lowest BCUT2D eigenvalue weighted by Gasteiger charge is -2.58. The Morgan fingerprint density at radius 3 is 2.41 bits per heavy atom. The van der Waals surface area contributed by atoms with Crippen molar-refractivity contribution >= 4 is 0 Å². The van der Waals surface area contributed by atoms with E-state index in [0.717, 1.165) is 6.42 Å². The summed E-state index contributed by atoms with van der Waals surface area (Å²) in [7, 11) is 0. The van der Waals surface area contributed by atoms with E-state index in [1.807, 2.05) is 0 Å². The van der Waals surface area contributed by atoms with E-state index in [1.54, 1.807) is 0 Å². The van der Waals surface area contributed by atoms with Gasteiger partial charge in [-0.2, -0.15) is 0 Å². The van der Waals surface area contributed by atoms with Crippen LogP contribution in [0.25, 0.3) is 0 Å². The molecule has 1 aliphatic heterocycles. The second-order valence-corrected chi connectivity index (χ2v) is 9.47. The normalized spacial score (nSPS) is 34.5. The summed E-state index contributed by atoms with van der Waals surface area (Å²) < 4.78 is 0. The third-order valence-electron chi connectivity index (χ3n) is 5.43. The van der Waals surface area contributed by atoms with E-state index in [2.05, 4.69) is 91.1 Å². The van der Waals surface area contributed by atoms with Crippen LogP contribution >= 0.6 is 0 Å². The molecule has 1 aliphatic carbocycles. The van der Waals surface area contributed by atoms with Gasteiger partial charge in [-0.25, -0.2) is 0 Å². The number of allylic oxidation sites excluding steroid dienone is 6. The smallest absolute Gasteiger partial charge is 0.0353 e. The molecule has 0 saturated carbocycles. The van der Waals surface area contributed by atoms with Gasteiger partial charge in [0.05, 0.1) is 0 Å². The summed E-state index contributed by atoms with van der Waals surface area (Å²) in [6, 6.07) is 0. The fraction of sp³-hybridized carbons (Fsp3) is 0.714. The summed E-state index contributed by atoms with van der Waals surface area (Å²) in [5.41, 5.74) is 1.95. The third kappa shape index (κ3) is 3.19. The number of hydrogen-bond donors (Lipinski definition) is 1. The molecule has 3 atom stereocenters. The zero-order valence-electron chi connectivity index (χ0n) is 15.8.